The maximum Gasteiger partial charge on any atom is 0.119 e. The van der Waals surface area contributed by atoms with Crippen LogP contribution in [0.3, 0.4) is 0 Å². The molecule has 1 aromatic heterocycles. The van der Waals surface area contributed by atoms with E-state index >= 15 is 0 Å². The van der Waals surface area contributed by atoms with Gasteiger partial charge in [-0.3, -0.25) is 0 Å². The van der Waals surface area contributed by atoms with Gasteiger partial charge in [0.25, 0.3) is 0 Å². The number of hydrogen-bond donors (Lipinski definition) is 1. The molecule has 102 valence electrons. The fourth-order valence-corrected chi connectivity index (χ4v) is 1.92. The van der Waals surface area contributed by atoms with Gasteiger partial charge in [-0.1, -0.05) is 19.1 Å². The van der Waals surface area contributed by atoms with Crippen LogP contribution in [0.5, 0.6) is 5.75 Å². The molecule has 0 saturated heterocycles. The number of rotatable bonds is 6. The molecule has 1 atom stereocenters. The van der Waals surface area contributed by atoms with Crippen molar-refractivity contribution >= 4 is 0 Å². The van der Waals surface area contributed by atoms with Crippen LogP contribution in [-0.2, 0) is 13.5 Å². The van der Waals surface area contributed by atoms with E-state index in [1.165, 1.54) is 0 Å². The minimum absolute atomic E-state index is 0.501. The van der Waals surface area contributed by atoms with Gasteiger partial charge in [-0.05, 0) is 24.1 Å². The molecule has 2 aromatic rings. The molecule has 1 unspecified atom stereocenters. The number of aromatic nitrogens is 2. The number of imidazole rings is 1. The summed E-state index contributed by atoms with van der Waals surface area (Å²) in [4.78, 5) is 4.22. The first-order valence-corrected chi connectivity index (χ1v) is 6.57. The Morgan fingerprint density at radius 3 is 2.95 bits per heavy atom. The molecule has 2 rings (SSSR count). The fourth-order valence-electron chi connectivity index (χ4n) is 1.92. The van der Waals surface area contributed by atoms with Crippen molar-refractivity contribution in [2.75, 3.05) is 6.61 Å². The molecule has 4 nitrogen and oxygen atoms in total. The van der Waals surface area contributed by atoms with Gasteiger partial charge >= 0.3 is 0 Å². The first-order chi connectivity index (χ1) is 9.20. The van der Waals surface area contributed by atoms with E-state index in [2.05, 4.69) is 11.9 Å². The Morgan fingerprint density at radius 2 is 2.26 bits per heavy atom. The fraction of sp³-hybridized carbons (Fsp3) is 0.400. The Labute approximate surface area is 113 Å². The summed E-state index contributed by atoms with van der Waals surface area (Å²) < 4.78 is 7.49. The van der Waals surface area contributed by atoms with Gasteiger partial charge in [0.05, 0.1) is 12.7 Å². The van der Waals surface area contributed by atoms with E-state index in [0.717, 1.165) is 23.6 Å². The molecule has 0 aliphatic rings. The van der Waals surface area contributed by atoms with E-state index < -0.39 is 6.10 Å². The van der Waals surface area contributed by atoms with Crippen LogP contribution >= 0.6 is 0 Å². The maximum atomic E-state index is 10.3. The van der Waals surface area contributed by atoms with Crippen molar-refractivity contribution in [2.24, 2.45) is 7.05 Å². The van der Waals surface area contributed by atoms with E-state index in [4.69, 9.17) is 4.74 Å². The molecule has 0 radical (unpaired) electrons. The van der Waals surface area contributed by atoms with Crippen molar-refractivity contribution in [3.8, 4) is 5.75 Å². The quantitative estimate of drug-likeness (QED) is 0.868. The van der Waals surface area contributed by atoms with Crippen molar-refractivity contribution < 1.29 is 9.84 Å². The second kappa shape index (κ2) is 6.38. The van der Waals surface area contributed by atoms with Crippen molar-refractivity contribution in [2.45, 2.75) is 25.9 Å². The third-order valence-corrected chi connectivity index (χ3v) is 3.01. The van der Waals surface area contributed by atoms with Crippen LogP contribution in [-0.4, -0.2) is 21.3 Å². The van der Waals surface area contributed by atoms with Crippen molar-refractivity contribution in [3.05, 3.63) is 48.0 Å². The number of aryl methyl sites for hydroxylation is 1. The number of nitrogens with zero attached hydrogens (tertiary/aromatic N) is 2. The monoisotopic (exact) mass is 260 g/mol. The van der Waals surface area contributed by atoms with Crippen LogP contribution in [0.1, 0.15) is 30.8 Å². The molecule has 0 saturated carbocycles. The molecule has 1 heterocycles. The summed E-state index contributed by atoms with van der Waals surface area (Å²) in [6, 6.07) is 7.62. The highest BCUT2D eigenvalue weighted by Crippen LogP contribution is 2.22. The lowest BCUT2D eigenvalue weighted by molar-refractivity contribution is 0.174. The summed E-state index contributed by atoms with van der Waals surface area (Å²) in [5.74, 6) is 1.67. The molecule has 1 aromatic carbocycles. The molecule has 0 aliphatic carbocycles. The number of aliphatic hydroxyl groups is 1. The van der Waals surface area contributed by atoms with Gasteiger partial charge < -0.3 is 14.4 Å². The van der Waals surface area contributed by atoms with Gasteiger partial charge in [0.1, 0.15) is 11.6 Å². The molecular formula is C15H20N2O2. The maximum absolute atomic E-state index is 10.3. The second-order valence-electron chi connectivity index (χ2n) is 4.60. The minimum atomic E-state index is -0.564. The normalized spacial score (nSPS) is 12.4. The highest BCUT2D eigenvalue weighted by atomic mass is 16.5. The Kier molecular flexibility index (Phi) is 4.58. The highest BCUT2D eigenvalue weighted by molar-refractivity contribution is 5.30. The lowest BCUT2D eigenvalue weighted by Gasteiger charge is -2.12. The molecule has 0 aliphatic heterocycles. The molecular weight excluding hydrogens is 240 g/mol. The molecule has 4 heteroatoms. The zero-order chi connectivity index (χ0) is 13.7. The van der Waals surface area contributed by atoms with Crippen LogP contribution in [0.2, 0.25) is 0 Å². The van der Waals surface area contributed by atoms with Gasteiger partial charge in [-0.15, -0.1) is 0 Å². The van der Waals surface area contributed by atoms with Crippen molar-refractivity contribution in [3.63, 3.8) is 0 Å². The Hall–Kier alpha value is -1.81. The predicted octanol–water partition coefficient (Wildman–Crippen LogP) is 2.49. The molecule has 1 N–H and O–H groups in total. The zero-order valence-electron chi connectivity index (χ0n) is 11.4. The van der Waals surface area contributed by atoms with Crippen LogP contribution in [0.25, 0.3) is 0 Å². The van der Waals surface area contributed by atoms with Crippen LogP contribution in [0.15, 0.2) is 36.7 Å². The number of hydrogen-bond acceptors (Lipinski definition) is 3. The van der Waals surface area contributed by atoms with Gasteiger partial charge in [0.15, 0.2) is 0 Å². The summed E-state index contributed by atoms with van der Waals surface area (Å²) in [5, 5.41) is 10.3. The first kappa shape index (κ1) is 13.6. The second-order valence-corrected chi connectivity index (χ2v) is 4.60. The third kappa shape index (κ3) is 3.58. The van der Waals surface area contributed by atoms with E-state index in [9.17, 15) is 5.11 Å². The summed E-state index contributed by atoms with van der Waals surface area (Å²) in [6.45, 7) is 2.76. The lowest BCUT2D eigenvalue weighted by Crippen LogP contribution is -2.07. The topological polar surface area (TPSA) is 47.3 Å². The SMILES string of the molecule is CCCOc1cccc(C(O)Cc2nccn2C)c1. The van der Waals surface area contributed by atoms with Crippen LogP contribution < -0.4 is 4.74 Å². The smallest absolute Gasteiger partial charge is 0.119 e. The molecule has 0 bridgehead atoms. The largest absolute Gasteiger partial charge is 0.494 e. The Balaban J connectivity index is 2.06. The molecule has 19 heavy (non-hydrogen) atoms. The van der Waals surface area contributed by atoms with E-state index in [1.54, 1.807) is 6.20 Å². The van der Waals surface area contributed by atoms with E-state index in [0.29, 0.717) is 13.0 Å². The third-order valence-electron chi connectivity index (χ3n) is 3.01. The molecule has 0 spiro atoms. The van der Waals surface area contributed by atoms with E-state index in [1.807, 2.05) is 42.1 Å². The minimum Gasteiger partial charge on any atom is -0.494 e. The van der Waals surface area contributed by atoms with Crippen LogP contribution in [0, 0.1) is 0 Å². The number of aliphatic hydroxyl groups excluding tert-OH is 1. The Bertz CT molecular complexity index is 522. The average molecular weight is 260 g/mol. The lowest BCUT2D eigenvalue weighted by atomic mass is 10.1. The number of ether oxygens (including phenoxy) is 1. The van der Waals surface area contributed by atoms with Crippen molar-refractivity contribution in [1.82, 2.24) is 9.55 Å². The summed E-state index contributed by atoms with van der Waals surface area (Å²) in [6.07, 6.45) is 4.53. The Morgan fingerprint density at radius 1 is 1.42 bits per heavy atom. The standard InChI is InChI=1S/C15H20N2O2/c1-3-9-19-13-6-4-5-12(10-13)14(18)11-15-16-7-8-17(15)2/h4-8,10,14,18H,3,9,11H2,1-2H3. The molecule has 0 amide bonds. The molecule has 0 fully saturated rings. The summed E-state index contributed by atoms with van der Waals surface area (Å²) in [5.41, 5.74) is 0.858. The average Bonchev–Trinajstić information content (AvgIpc) is 2.82. The highest BCUT2D eigenvalue weighted by Gasteiger charge is 2.12. The van der Waals surface area contributed by atoms with Gasteiger partial charge in [-0.2, -0.15) is 0 Å². The van der Waals surface area contributed by atoms with Crippen molar-refractivity contribution in [1.29, 1.82) is 0 Å². The first-order valence-electron chi connectivity index (χ1n) is 6.57. The van der Waals surface area contributed by atoms with Crippen LogP contribution in [0.4, 0.5) is 0 Å². The zero-order valence-corrected chi connectivity index (χ0v) is 11.4. The summed E-state index contributed by atoms with van der Waals surface area (Å²) >= 11 is 0. The number of benzene rings is 1. The van der Waals surface area contributed by atoms with Gasteiger partial charge in [-0.25, -0.2) is 4.98 Å². The van der Waals surface area contributed by atoms with Gasteiger partial charge in [0.2, 0.25) is 0 Å². The van der Waals surface area contributed by atoms with Gasteiger partial charge in [0, 0.05) is 25.9 Å². The van der Waals surface area contributed by atoms with E-state index in [-0.39, 0.29) is 0 Å². The predicted molar refractivity (Wildman–Crippen MR) is 74.1 cm³/mol. The summed E-state index contributed by atoms with van der Waals surface area (Å²) in [7, 11) is 1.93.